The van der Waals surface area contributed by atoms with Crippen molar-refractivity contribution in [3.8, 4) is 6.07 Å². The molecule has 2 aromatic rings. The first-order valence-corrected chi connectivity index (χ1v) is 10.7. The van der Waals surface area contributed by atoms with Crippen molar-refractivity contribution >= 4 is 11.7 Å². The highest BCUT2D eigenvalue weighted by molar-refractivity contribution is 5.93. The fourth-order valence-corrected chi connectivity index (χ4v) is 4.13. The highest BCUT2D eigenvalue weighted by Gasteiger charge is 2.24. The van der Waals surface area contributed by atoms with Crippen LogP contribution in [0.15, 0.2) is 30.3 Å². The van der Waals surface area contributed by atoms with Gasteiger partial charge in [0.1, 0.15) is 11.9 Å². The molecule has 2 N–H and O–H groups in total. The molecule has 2 unspecified atom stereocenters. The van der Waals surface area contributed by atoms with E-state index in [0.29, 0.717) is 23.8 Å². The summed E-state index contributed by atoms with van der Waals surface area (Å²) in [7, 11) is 0. The van der Waals surface area contributed by atoms with Crippen LogP contribution in [0.2, 0.25) is 0 Å². The Balaban J connectivity index is 1.74. The van der Waals surface area contributed by atoms with E-state index in [4.69, 9.17) is 4.74 Å². The van der Waals surface area contributed by atoms with Crippen molar-refractivity contribution in [3.63, 3.8) is 0 Å². The van der Waals surface area contributed by atoms with Gasteiger partial charge in [-0.25, -0.2) is 0 Å². The zero-order chi connectivity index (χ0) is 21.7. The summed E-state index contributed by atoms with van der Waals surface area (Å²) in [6, 6.07) is 12.5. The molecule has 1 aliphatic rings. The maximum Gasteiger partial charge on any atom is 0.239 e. The summed E-state index contributed by atoms with van der Waals surface area (Å²) in [5.74, 6) is 0.762. The van der Waals surface area contributed by atoms with Crippen molar-refractivity contribution in [1.29, 1.82) is 5.26 Å². The molecule has 1 aliphatic heterocycles. The second-order valence-corrected chi connectivity index (χ2v) is 8.35. The van der Waals surface area contributed by atoms with Crippen LogP contribution in [0.4, 0.5) is 5.82 Å². The largest absolute Gasteiger partial charge is 0.376 e. The van der Waals surface area contributed by atoms with Crippen molar-refractivity contribution in [3.05, 3.63) is 52.7 Å². The predicted octanol–water partition coefficient (Wildman–Crippen LogP) is 4.08. The first-order valence-electron chi connectivity index (χ1n) is 10.7. The normalized spacial score (nSPS) is 17.1. The lowest BCUT2D eigenvalue weighted by Gasteiger charge is -2.23. The molecule has 0 saturated carbocycles. The molecule has 2 heterocycles. The fraction of sp³-hybridized carbons (Fsp3) is 0.500. The number of ether oxygens (including phenoxy) is 1. The Morgan fingerprint density at radius 3 is 2.63 bits per heavy atom. The minimum atomic E-state index is -0.154. The van der Waals surface area contributed by atoms with Gasteiger partial charge < -0.3 is 19.9 Å². The summed E-state index contributed by atoms with van der Waals surface area (Å²) < 4.78 is 7.81. The van der Waals surface area contributed by atoms with E-state index >= 15 is 0 Å². The maximum absolute atomic E-state index is 12.8. The van der Waals surface area contributed by atoms with Crippen LogP contribution in [-0.4, -0.2) is 29.7 Å². The third-order valence-corrected chi connectivity index (χ3v) is 5.92. The standard InChI is InChI=1S/C24H32N4O2/c1-16(2)23(19-9-6-5-7-10-19)26-14-22(29)27-24-21(13-25)17(3)18(4)28(24)15-20-11-8-12-30-20/h5-7,9-10,16,20,23,26H,8,11-12,14-15H2,1-4H3,(H,27,29). The molecule has 1 amide bonds. The summed E-state index contributed by atoms with van der Waals surface area (Å²) in [6.45, 7) is 9.78. The lowest BCUT2D eigenvalue weighted by atomic mass is 9.96. The molecular formula is C24H32N4O2. The lowest BCUT2D eigenvalue weighted by Crippen LogP contribution is -2.34. The van der Waals surface area contributed by atoms with E-state index in [9.17, 15) is 10.1 Å². The molecule has 0 spiro atoms. The summed E-state index contributed by atoms with van der Waals surface area (Å²) in [5, 5.41) is 16.1. The highest BCUT2D eigenvalue weighted by Crippen LogP contribution is 2.28. The molecule has 0 aliphatic carbocycles. The number of amides is 1. The molecule has 2 atom stereocenters. The third-order valence-electron chi connectivity index (χ3n) is 5.92. The Morgan fingerprint density at radius 1 is 1.30 bits per heavy atom. The lowest BCUT2D eigenvalue weighted by molar-refractivity contribution is -0.115. The number of carbonyl (C=O) groups is 1. The van der Waals surface area contributed by atoms with Crippen molar-refractivity contribution in [1.82, 2.24) is 9.88 Å². The van der Waals surface area contributed by atoms with Crippen LogP contribution in [0.3, 0.4) is 0 Å². The molecule has 0 bridgehead atoms. The van der Waals surface area contributed by atoms with Gasteiger partial charge in [0.05, 0.1) is 24.8 Å². The van der Waals surface area contributed by atoms with Gasteiger partial charge in [0, 0.05) is 18.3 Å². The molecule has 6 heteroatoms. The average Bonchev–Trinajstić information content (AvgIpc) is 3.32. The number of nitrogens with one attached hydrogen (secondary N) is 2. The minimum absolute atomic E-state index is 0.0783. The van der Waals surface area contributed by atoms with Crippen LogP contribution >= 0.6 is 0 Å². The number of nitrogens with zero attached hydrogens (tertiary/aromatic N) is 2. The quantitative estimate of drug-likeness (QED) is 0.690. The van der Waals surface area contributed by atoms with Crippen molar-refractivity contribution < 1.29 is 9.53 Å². The van der Waals surface area contributed by atoms with E-state index in [1.165, 1.54) is 0 Å². The highest BCUT2D eigenvalue weighted by atomic mass is 16.5. The smallest absolute Gasteiger partial charge is 0.239 e. The Bertz CT molecular complexity index is 906. The molecule has 6 nitrogen and oxygen atoms in total. The Morgan fingerprint density at radius 2 is 2.03 bits per heavy atom. The van der Waals surface area contributed by atoms with Crippen LogP contribution in [0.25, 0.3) is 0 Å². The molecule has 160 valence electrons. The molecule has 1 aromatic heterocycles. The van der Waals surface area contributed by atoms with Crippen molar-refractivity contribution in [2.45, 2.75) is 59.2 Å². The number of hydrogen-bond acceptors (Lipinski definition) is 4. The zero-order valence-corrected chi connectivity index (χ0v) is 18.4. The number of carbonyl (C=O) groups excluding carboxylic acids is 1. The number of hydrogen-bond donors (Lipinski definition) is 2. The minimum Gasteiger partial charge on any atom is -0.376 e. The zero-order valence-electron chi connectivity index (χ0n) is 18.4. The number of aromatic nitrogens is 1. The summed E-state index contributed by atoms with van der Waals surface area (Å²) in [6.07, 6.45) is 2.18. The van der Waals surface area contributed by atoms with E-state index in [1.54, 1.807) is 0 Å². The molecule has 0 radical (unpaired) electrons. The van der Waals surface area contributed by atoms with Gasteiger partial charge in [-0.3, -0.25) is 4.79 Å². The van der Waals surface area contributed by atoms with E-state index in [2.05, 4.69) is 42.7 Å². The average molecular weight is 409 g/mol. The number of anilines is 1. The third kappa shape index (κ3) is 4.92. The fourth-order valence-electron chi connectivity index (χ4n) is 4.13. The molecule has 3 rings (SSSR count). The van der Waals surface area contributed by atoms with Gasteiger partial charge in [-0.15, -0.1) is 0 Å². The number of nitriles is 1. The van der Waals surface area contributed by atoms with E-state index in [1.807, 2.05) is 36.6 Å². The van der Waals surface area contributed by atoms with Gasteiger partial charge in [0.2, 0.25) is 5.91 Å². The Kier molecular flexibility index (Phi) is 7.30. The van der Waals surface area contributed by atoms with Gasteiger partial charge >= 0.3 is 0 Å². The van der Waals surface area contributed by atoms with Crippen molar-refractivity contribution in [2.75, 3.05) is 18.5 Å². The number of benzene rings is 1. The summed E-state index contributed by atoms with van der Waals surface area (Å²) in [4.78, 5) is 12.8. The second-order valence-electron chi connectivity index (χ2n) is 8.35. The monoisotopic (exact) mass is 408 g/mol. The van der Waals surface area contributed by atoms with Gasteiger partial charge in [-0.2, -0.15) is 5.26 Å². The molecular weight excluding hydrogens is 376 g/mol. The summed E-state index contributed by atoms with van der Waals surface area (Å²) >= 11 is 0. The molecule has 1 aromatic carbocycles. The first kappa shape index (κ1) is 22.1. The topological polar surface area (TPSA) is 79.1 Å². The van der Waals surface area contributed by atoms with Crippen LogP contribution in [0.1, 0.15) is 55.1 Å². The van der Waals surface area contributed by atoms with Gasteiger partial charge in [0.15, 0.2) is 0 Å². The van der Waals surface area contributed by atoms with Crippen LogP contribution in [0.5, 0.6) is 0 Å². The molecule has 30 heavy (non-hydrogen) atoms. The van der Waals surface area contributed by atoms with E-state index in [0.717, 1.165) is 36.3 Å². The van der Waals surface area contributed by atoms with Gasteiger partial charge in [0.25, 0.3) is 0 Å². The molecule has 1 saturated heterocycles. The van der Waals surface area contributed by atoms with Gasteiger partial charge in [-0.1, -0.05) is 44.2 Å². The predicted molar refractivity (Wildman–Crippen MR) is 118 cm³/mol. The van der Waals surface area contributed by atoms with Crippen LogP contribution in [-0.2, 0) is 16.1 Å². The molecule has 1 fully saturated rings. The van der Waals surface area contributed by atoms with Crippen LogP contribution < -0.4 is 10.6 Å². The number of rotatable bonds is 8. The van der Waals surface area contributed by atoms with E-state index in [-0.39, 0.29) is 24.6 Å². The Labute approximate surface area is 179 Å². The second kappa shape index (κ2) is 9.92. The maximum atomic E-state index is 12.8. The summed E-state index contributed by atoms with van der Waals surface area (Å²) in [5.41, 5.74) is 3.59. The Hall–Kier alpha value is -2.62. The van der Waals surface area contributed by atoms with Crippen LogP contribution in [0, 0.1) is 31.1 Å². The first-order chi connectivity index (χ1) is 14.4. The SMILES string of the molecule is Cc1c(C#N)c(NC(=O)CNC(c2ccccc2)C(C)C)n(CC2CCCO2)c1C. The van der Waals surface area contributed by atoms with Gasteiger partial charge in [-0.05, 0) is 43.7 Å². The van der Waals surface area contributed by atoms with Crippen molar-refractivity contribution in [2.24, 2.45) is 5.92 Å². The van der Waals surface area contributed by atoms with E-state index < -0.39 is 0 Å².